The van der Waals surface area contributed by atoms with Crippen LogP contribution in [0.2, 0.25) is 0 Å². The molecule has 37 heavy (non-hydrogen) atoms. The summed E-state index contributed by atoms with van der Waals surface area (Å²) in [6, 6.07) is 0. The molecule has 0 aromatic carbocycles. The largest absolute Gasteiger partial charge is 0.481 e. The van der Waals surface area contributed by atoms with Gasteiger partial charge >= 0.3 is 5.97 Å². The molecule has 0 saturated heterocycles. The second kappa shape index (κ2) is 37.3. The molecule has 0 amide bonds. The molecule has 0 aliphatic heterocycles. The van der Waals surface area contributed by atoms with Crippen molar-refractivity contribution in [3.05, 3.63) is 12.2 Å². The summed E-state index contributed by atoms with van der Waals surface area (Å²) in [6.07, 6.45) is 40.4. The van der Waals surface area contributed by atoms with E-state index in [1.807, 2.05) is 0 Å². The van der Waals surface area contributed by atoms with Crippen LogP contribution in [0.4, 0.5) is 0 Å². The fourth-order valence-corrected chi connectivity index (χ4v) is 4.65. The smallest absolute Gasteiger partial charge is 0.303 e. The highest BCUT2D eigenvalue weighted by atomic mass is 16.4. The van der Waals surface area contributed by atoms with E-state index in [9.17, 15) is 4.79 Å². The number of aliphatic carboxylic acids is 1. The van der Waals surface area contributed by atoms with Crippen LogP contribution in [0.25, 0.3) is 0 Å². The van der Waals surface area contributed by atoms with E-state index in [1.54, 1.807) is 0 Å². The molecule has 0 saturated carbocycles. The third kappa shape index (κ3) is 42.5. The van der Waals surface area contributed by atoms with Crippen LogP contribution in [0.3, 0.4) is 0 Å². The molecule has 0 spiro atoms. The van der Waals surface area contributed by atoms with Gasteiger partial charge in [0.1, 0.15) is 0 Å². The maximum absolute atomic E-state index is 10.4. The molecule has 2 N–H and O–H groups in total. The number of hydrogen-bond acceptors (Lipinski definition) is 2. The Balaban J connectivity index is 0. The topological polar surface area (TPSA) is 57.5 Å². The molecule has 0 aromatic rings. The van der Waals surface area contributed by atoms with Crippen molar-refractivity contribution >= 4 is 5.97 Å². The minimum Gasteiger partial charge on any atom is -0.481 e. The molecule has 3 heteroatoms. The van der Waals surface area contributed by atoms with Crippen LogP contribution in [0.15, 0.2) is 12.2 Å². The van der Waals surface area contributed by atoms with Gasteiger partial charge in [-0.15, -0.1) is 0 Å². The monoisotopic (exact) mass is 525 g/mol. The minimum atomic E-state index is -0.656. The van der Waals surface area contributed by atoms with E-state index >= 15 is 0 Å². The molecule has 0 aliphatic carbocycles. The molecule has 0 radical (unpaired) electrons. The van der Waals surface area contributed by atoms with Gasteiger partial charge in [0.05, 0.1) is 0 Å². The van der Waals surface area contributed by atoms with Gasteiger partial charge in [0, 0.05) is 13.0 Å². The van der Waals surface area contributed by atoms with Gasteiger partial charge in [-0.05, 0) is 38.5 Å². The van der Waals surface area contributed by atoms with Crippen LogP contribution in [0, 0.1) is 0 Å². The third-order valence-corrected chi connectivity index (χ3v) is 7.16. The molecule has 3 nitrogen and oxygen atoms in total. The zero-order valence-electron chi connectivity index (χ0n) is 25.5. The first-order chi connectivity index (χ1) is 18.2. The van der Waals surface area contributed by atoms with Crippen LogP contribution in [0.1, 0.15) is 194 Å². The highest BCUT2D eigenvalue weighted by molar-refractivity contribution is 5.66. The van der Waals surface area contributed by atoms with Crippen LogP contribution in [-0.4, -0.2) is 22.8 Å². The molecule has 0 heterocycles. The zero-order valence-corrected chi connectivity index (χ0v) is 25.5. The molecular weight excluding hydrogens is 456 g/mol. The number of carboxylic acid groups (broad SMARTS) is 1. The number of aliphatic hydroxyl groups is 1. The summed E-state index contributed by atoms with van der Waals surface area (Å²) < 4.78 is 0. The van der Waals surface area contributed by atoms with Gasteiger partial charge in [-0.1, -0.05) is 161 Å². The predicted octanol–water partition coefficient (Wildman–Crippen LogP) is 11.6. The van der Waals surface area contributed by atoms with Gasteiger partial charge in [-0.3, -0.25) is 4.79 Å². The van der Waals surface area contributed by atoms with Gasteiger partial charge in [0.15, 0.2) is 0 Å². The van der Waals surface area contributed by atoms with Crippen molar-refractivity contribution in [3.63, 3.8) is 0 Å². The Morgan fingerprint density at radius 3 is 1.08 bits per heavy atom. The van der Waals surface area contributed by atoms with Crippen molar-refractivity contribution < 1.29 is 15.0 Å². The molecule has 0 fully saturated rings. The molecule has 0 atom stereocenters. The first-order valence-corrected chi connectivity index (χ1v) is 16.7. The summed E-state index contributed by atoms with van der Waals surface area (Å²) in [5.41, 5.74) is 0. The zero-order chi connectivity index (χ0) is 27.5. The van der Waals surface area contributed by atoms with E-state index in [1.165, 1.54) is 154 Å². The standard InChI is InChI=1S/C22H42O2.C12H26O/c1-2-3-4-5-6-7-8-9-10-11-12-13-14-15-16-17-18-19-20-21-22(23)24;1-2-3-4-5-6-7-8-9-10-11-12-13/h9-10H,2-8,11-21H2,1H3,(H,23,24);13H,2-12H2,1H3/b10-9-;. The summed E-state index contributed by atoms with van der Waals surface area (Å²) in [5, 5.41) is 17.1. The van der Waals surface area contributed by atoms with Gasteiger partial charge < -0.3 is 10.2 Å². The van der Waals surface area contributed by atoms with Crippen LogP contribution in [0.5, 0.6) is 0 Å². The van der Waals surface area contributed by atoms with E-state index in [4.69, 9.17) is 10.2 Å². The second-order valence-electron chi connectivity index (χ2n) is 11.0. The Kier molecular flexibility index (Phi) is 38.7. The molecule has 0 rings (SSSR count). The van der Waals surface area contributed by atoms with Gasteiger partial charge in [0.2, 0.25) is 0 Å². The van der Waals surface area contributed by atoms with E-state index in [2.05, 4.69) is 26.0 Å². The molecule has 0 unspecified atom stereocenters. The van der Waals surface area contributed by atoms with Crippen LogP contribution >= 0.6 is 0 Å². The SMILES string of the molecule is CCCCCCCC/C=C\CCCCCCCCCCCC(=O)O.CCCCCCCCCCCCO. The first-order valence-electron chi connectivity index (χ1n) is 16.7. The highest BCUT2D eigenvalue weighted by Gasteiger charge is 1.97. The second-order valence-corrected chi connectivity index (χ2v) is 11.0. The predicted molar refractivity (Wildman–Crippen MR) is 164 cm³/mol. The lowest BCUT2D eigenvalue weighted by Gasteiger charge is -2.01. The average Bonchev–Trinajstić information content (AvgIpc) is 2.89. The quantitative estimate of drug-likeness (QED) is 0.0755. The number of rotatable bonds is 29. The average molecular weight is 525 g/mol. The lowest BCUT2D eigenvalue weighted by molar-refractivity contribution is -0.137. The third-order valence-electron chi connectivity index (χ3n) is 7.16. The first kappa shape index (κ1) is 38.3. The van der Waals surface area contributed by atoms with Gasteiger partial charge in [-0.2, -0.15) is 0 Å². The number of hydrogen-bond donors (Lipinski definition) is 2. The maximum atomic E-state index is 10.4. The van der Waals surface area contributed by atoms with E-state index < -0.39 is 5.97 Å². The van der Waals surface area contributed by atoms with E-state index in [0.29, 0.717) is 13.0 Å². The number of allylic oxidation sites excluding steroid dienone is 2. The summed E-state index contributed by atoms with van der Waals surface area (Å²) in [7, 11) is 0. The normalized spacial score (nSPS) is 11.1. The molecule has 0 aromatic heterocycles. The van der Waals surface area contributed by atoms with Crippen molar-refractivity contribution in [2.75, 3.05) is 6.61 Å². The molecule has 222 valence electrons. The Labute approximate surface area is 233 Å². The summed E-state index contributed by atoms with van der Waals surface area (Å²) in [5.74, 6) is -0.656. The Morgan fingerprint density at radius 1 is 0.459 bits per heavy atom. The van der Waals surface area contributed by atoms with Crippen molar-refractivity contribution in [2.24, 2.45) is 0 Å². The highest BCUT2D eigenvalue weighted by Crippen LogP contribution is 2.13. The molecule has 0 bridgehead atoms. The summed E-state index contributed by atoms with van der Waals surface area (Å²) >= 11 is 0. The number of unbranched alkanes of at least 4 members (excludes halogenated alkanes) is 24. The number of aliphatic hydroxyl groups excluding tert-OH is 1. The maximum Gasteiger partial charge on any atom is 0.303 e. The van der Waals surface area contributed by atoms with Gasteiger partial charge in [-0.25, -0.2) is 0 Å². The van der Waals surface area contributed by atoms with E-state index in [-0.39, 0.29) is 0 Å². The Hall–Kier alpha value is -0.830. The number of carboxylic acids is 1. The Bertz CT molecular complexity index is 423. The molecular formula is C34H68O3. The number of carbonyl (C=O) groups is 1. The lowest BCUT2D eigenvalue weighted by Crippen LogP contribution is -1.93. The van der Waals surface area contributed by atoms with Crippen molar-refractivity contribution in [3.8, 4) is 0 Å². The summed E-state index contributed by atoms with van der Waals surface area (Å²) in [4.78, 5) is 10.4. The van der Waals surface area contributed by atoms with Gasteiger partial charge in [0.25, 0.3) is 0 Å². The Morgan fingerprint density at radius 2 is 0.757 bits per heavy atom. The van der Waals surface area contributed by atoms with E-state index in [0.717, 1.165) is 19.3 Å². The molecule has 0 aliphatic rings. The van der Waals surface area contributed by atoms with Crippen LogP contribution in [-0.2, 0) is 4.79 Å². The lowest BCUT2D eigenvalue weighted by atomic mass is 10.1. The summed E-state index contributed by atoms with van der Waals surface area (Å²) in [6.45, 7) is 4.90. The fourth-order valence-electron chi connectivity index (χ4n) is 4.65. The van der Waals surface area contributed by atoms with Crippen molar-refractivity contribution in [1.82, 2.24) is 0 Å². The minimum absolute atomic E-state index is 0.340. The van der Waals surface area contributed by atoms with Crippen molar-refractivity contribution in [2.45, 2.75) is 194 Å². The van der Waals surface area contributed by atoms with Crippen molar-refractivity contribution in [1.29, 1.82) is 0 Å². The fraction of sp³-hybridized carbons (Fsp3) is 0.912. The van der Waals surface area contributed by atoms with Crippen LogP contribution < -0.4 is 0 Å².